The maximum Gasteiger partial charge on any atom is 0.195 e. The lowest BCUT2D eigenvalue weighted by Crippen LogP contribution is -2.35. The van der Waals surface area contributed by atoms with E-state index in [0.29, 0.717) is 6.42 Å². The van der Waals surface area contributed by atoms with Gasteiger partial charge in [0.05, 0.1) is 6.04 Å². The lowest BCUT2D eigenvalue weighted by Gasteiger charge is -2.22. The summed E-state index contributed by atoms with van der Waals surface area (Å²) in [6.07, 6.45) is 0.697. The number of hydrogen-bond acceptors (Lipinski definition) is 1. The van der Waals surface area contributed by atoms with Crippen LogP contribution in [0.25, 0.3) is 0 Å². The van der Waals surface area contributed by atoms with Crippen LogP contribution in [0.1, 0.15) is 17.9 Å². The van der Waals surface area contributed by atoms with Gasteiger partial charge in [-0.05, 0) is 18.6 Å². The van der Waals surface area contributed by atoms with Crippen molar-refractivity contribution in [3.05, 3.63) is 35.4 Å². The van der Waals surface area contributed by atoms with Gasteiger partial charge in [0.15, 0.2) is 5.96 Å². The molecule has 1 aliphatic rings. The van der Waals surface area contributed by atoms with E-state index in [2.05, 4.69) is 4.99 Å². The van der Waals surface area contributed by atoms with Gasteiger partial charge >= 0.3 is 0 Å². The molecule has 1 aliphatic carbocycles. The standard InChI is InChI=1S/C14H19F2N3.HI/c1-18(2)14(19(3)4)17-12-8-9(12)13-10(15)6-5-7-11(13)16;/h5-7,9,12H,8H2,1-4H3;1H. The lowest BCUT2D eigenvalue weighted by atomic mass is 10.1. The fourth-order valence-electron chi connectivity index (χ4n) is 2.28. The summed E-state index contributed by atoms with van der Waals surface area (Å²) >= 11 is 0. The molecule has 0 aliphatic heterocycles. The maximum absolute atomic E-state index is 13.7. The van der Waals surface area contributed by atoms with Gasteiger partial charge in [-0.1, -0.05) is 6.07 Å². The Morgan fingerprint density at radius 3 is 2.05 bits per heavy atom. The largest absolute Gasteiger partial charge is 0.349 e. The highest BCUT2D eigenvalue weighted by Gasteiger charge is 2.42. The van der Waals surface area contributed by atoms with Crippen LogP contribution >= 0.6 is 24.0 Å². The van der Waals surface area contributed by atoms with Gasteiger partial charge in [0.1, 0.15) is 11.6 Å². The zero-order chi connectivity index (χ0) is 14.2. The van der Waals surface area contributed by atoms with Crippen LogP contribution in [-0.2, 0) is 0 Å². The second-order valence-corrected chi connectivity index (χ2v) is 5.26. The van der Waals surface area contributed by atoms with Crippen molar-refractivity contribution >= 4 is 29.9 Å². The van der Waals surface area contributed by atoms with Gasteiger partial charge in [-0.3, -0.25) is 0 Å². The molecule has 20 heavy (non-hydrogen) atoms. The minimum atomic E-state index is -0.473. The number of nitrogens with zero attached hydrogens (tertiary/aromatic N) is 3. The van der Waals surface area contributed by atoms with E-state index in [4.69, 9.17) is 0 Å². The highest BCUT2D eigenvalue weighted by molar-refractivity contribution is 14.0. The molecular weight excluding hydrogens is 375 g/mol. The third-order valence-electron chi connectivity index (χ3n) is 3.21. The predicted molar refractivity (Wildman–Crippen MR) is 87.7 cm³/mol. The molecule has 0 heterocycles. The summed E-state index contributed by atoms with van der Waals surface area (Å²) in [6.45, 7) is 0. The van der Waals surface area contributed by atoms with Gasteiger partial charge in [-0.15, -0.1) is 24.0 Å². The van der Waals surface area contributed by atoms with E-state index in [0.717, 1.165) is 5.96 Å². The topological polar surface area (TPSA) is 18.8 Å². The molecule has 2 atom stereocenters. The van der Waals surface area contributed by atoms with Crippen molar-refractivity contribution in [2.75, 3.05) is 28.2 Å². The Morgan fingerprint density at radius 2 is 1.60 bits per heavy atom. The summed E-state index contributed by atoms with van der Waals surface area (Å²) in [5.41, 5.74) is 0.174. The summed E-state index contributed by atoms with van der Waals surface area (Å²) in [4.78, 5) is 8.35. The molecule has 0 radical (unpaired) electrons. The molecule has 112 valence electrons. The van der Waals surface area contributed by atoms with Crippen molar-refractivity contribution in [2.24, 2.45) is 4.99 Å². The molecule has 0 saturated heterocycles. The summed E-state index contributed by atoms with van der Waals surface area (Å²) in [5.74, 6) is -0.279. The van der Waals surface area contributed by atoms with Crippen molar-refractivity contribution in [3.8, 4) is 0 Å². The number of halogens is 3. The number of guanidine groups is 1. The van der Waals surface area contributed by atoms with Gasteiger partial charge in [-0.25, -0.2) is 13.8 Å². The normalized spacial score (nSPS) is 19.9. The highest BCUT2D eigenvalue weighted by atomic mass is 127. The minimum Gasteiger partial charge on any atom is -0.349 e. The third-order valence-corrected chi connectivity index (χ3v) is 3.21. The molecule has 0 spiro atoms. The Balaban J connectivity index is 0.00000200. The van der Waals surface area contributed by atoms with E-state index in [1.54, 1.807) is 0 Å². The zero-order valence-corrected chi connectivity index (χ0v) is 14.4. The molecule has 1 saturated carbocycles. The van der Waals surface area contributed by atoms with E-state index < -0.39 is 11.6 Å². The number of aliphatic imine (C=N–C) groups is 1. The molecular formula is C14H20F2IN3. The first kappa shape index (κ1) is 17.1. The first-order valence-electron chi connectivity index (χ1n) is 6.28. The van der Waals surface area contributed by atoms with Crippen LogP contribution in [0.2, 0.25) is 0 Å². The zero-order valence-electron chi connectivity index (χ0n) is 12.1. The van der Waals surface area contributed by atoms with Crippen LogP contribution in [0, 0.1) is 11.6 Å². The Bertz CT molecular complexity index is 473. The second kappa shape index (κ2) is 6.69. The summed E-state index contributed by atoms with van der Waals surface area (Å²) in [6, 6.07) is 3.96. The number of rotatable bonds is 2. The SMILES string of the molecule is CN(C)C(=NC1CC1c1c(F)cccc1F)N(C)C.I. The van der Waals surface area contributed by atoms with Crippen LogP contribution in [0.3, 0.4) is 0 Å². The summed E-state index contributed by atoms with van der Waals surface area (Å²) < 4.78 is 27.3. The van der Waals surface area contributed by atoms with Crippen molar-refractivity contribution in [1.29, 1.82) is 0 Å². The number of benzene rings is 1. The molecule has 6 heteroatoms. The van der Waals surface area contributed by atoms with Crippen LogP contribution in [0.15, 0.2) is 23.2 Å². The number of hydrogen-bond donors (Lipinski definition) is 0. The van der Waals surface area contributed by atoms with Crippen molar-refractivity contribution < 1.29 is 8.78 Å². The monoisotopic (exact) mass is 395 g/mol. The fourth-order valence-corrected chi connectivity index (χ4v) is 2.28. The Hall–Kier alpha value is -0.920. The average molecular weight is 395 g/mol. The van der Waals surface area contributed by atoms with Crippen molar-refractivity contribution in [2.45, 2.75) is 18.4 Å². The smallest absolute Gasteiger partial charge is 0.195 e. The Kier molecular flexibility index (Phi) is 5.73. The van der Waals surface area contributed by atoms with E-state index in [1.165, 1.54) is 18.2 Å². The summed E-state index contributed by atoms with van der Waals surface area (Å²) in [5, 5.41) is 0. The first-order valence-corrected chi connectivity index (χ1v) is 6.28. The average Bonchev–Trinajstić information content (AvgIpc) is 3.04. The van der Waals surface area contributed by atoms with Gasteiger partial charge in [-0.2, -0.15) is 0 Å². The molecule has 1 aromatic rings. The van der Waals surface area contributed by atoms with E-state index in [1.807, 2.05) is 38.0 Å². The Morgan fingerprint density at radius 1 is 1.10 bits per heavy atom. The molecule has 2 unspecified atom stereocenters. The molecule has 1 aromatic carbocycles. The van der Waals surface area contributed by atoms with Crippen molar-refractivity contribution in [1.82, 2.24) is 9.80 Å². The van der Waals surface area contributed by atoms with Crippen molar-refractivity contribution in [3.63, 3.8) is 0 Å². The molecule has 0 aromatic heterocycles. The highest BCUT2D eigenvalue weighted by Crippen LogP contribution is 2.45. The minimum absolute atomic E-state index is 0. The van der Waals surface area contributed by atoms with Gasteiger partial charge in [0.2, 0.25) is 0 Å². The molecule has 0 amide bonds. The van der Waals surface area contributed by atoms with Crippen LogP contribution < -0.4 is 0 Å². The molecule has 2 rings (SSSR count). The van der Waals surface area contributed by atoms with Gasteiger partial charge < -0.3 is 9.80 Å². The second-order valence-electron chi connectivity index (χ2n) is 5.26. The van der Waals surface area contributed by atoms with E-state index in [9.17, 15) is 8.78 Å². The molecule has 3 nitrogen and oxygen atoms in total. The van der Waals surface area contributed by atoms with Gasteiger partial charge in [0, 0.05) is 39.7 Å². The maximum atomic E-state index is 13.7. The lowest BCUT2D eigenvalue weighted by molar-refractivity contribution is 0.478. The fraction of sp³-hybridized carbons (Fsp3) is 0.500. The summed E-state index contributed by atoms with van der Waals surface area (Å²) in [7, 11) is 7.61. The van der Waals surface area contributed by atoms with Crippen LogP contribution in [0.5, 0.6) is 0 Å². The van der Waals surface area contributed by atoms with E-state index in [-0.39, 0.29) is 41.5 Å². The van der Waals surface area contributed by atoms with Crippen LogP contribution in [0.4, 0.5) is 8.78 Å². The quantitative estimate of drug-likeness (QED) is 0.436. The van der Waals surface area contributed by atoms with E-state index >= 15 is 0 Å². The van der Waals surface area contributed by atoms with Crippen LogP contribution in [-0.4, -0.2) is 50.0 Å². The Labute approximate surface area is 135 Å². The first-order chi connectivity index (χ1) is 8.91. The predicted octanol–water partition coefficient (Wildman–Crippen LogP) is 2.92. The molecule has 0 bridgehead atoms. The third kappa shape index (κ3) is 3.59. The molecule has 0 N–H and O–H groups in total. The molecule has 1 fully saturated rings. The van der Waals surface area contributed by atoms with Gasteiger partial charge in [0.25, 0.3) is 0 Å².